The predicted octanol–water partition coefficient (Wildman–Crippen LogP) is 4.42. The molecule has 9 heteroatoms. The highest BCUT2D eigenvalue weighted by atomic mass is 16.8. The molecular formula is C27H31N4O5-. The number of carbonyl (C=O) groups is 2. The summed E-state index contributed by atoms with van der Waals surface area (Å²) in [6, 6.07) is 12.9. The number of fused-ring (bicyclic) bond motifs is 3. The van der Waals surface area contributed by atoms with Crippen LogP contribution in [0, 0.1) is 17.0 Å². The zero-order valence-electron chi connectivity index (χ0n) is 20.1. The van der Waals surface area contributed by atoms with Crippen molar-refractivity contribution in [3.05, 3.63) is 58.8 Å². The summed E-state index contributed by atoms with van der Waals surface area (Å²) in [4.78, 5) is 29.3. The number of ether oxygens (including phenoxy) is 1. The summed E-state index contributed by atoms with van der Waals surface area (Å²) < 4.78 is 5.39. The topological polar surface area (TPSA) is 108 Å². The van der Waals surface area contributed by atoms with Gasteiger partial charge in [0.1, 0.15) is 6.61 Å². The number of para-hydroxylation sites is 1. The van der Waals surface area contributed by atoms with Crippen LogP contribution >= 0.6 is 0 Å². The molecule has 3 fully saturated rings. The lowest BCUT2D eigenvalue weighted by Crippen LogP contribution is -2.49. The fourth-order valence-corrected chi connectivity index (χ4v) is 6.64. The van der Waals surface area contributed by atoms with Crippen molar-refractivity contribution in [2.45, 2.75) is 57.2 Å². The Labute approximate surface area is 210 Å². The van der Waals surface area contributed by atoms with Crippen molar-refractivity contribution < 1.29 is 19.5 Å². The van der Waals surface area contributed by atoms with Crippen molar-refractivity contribution >= 4 is 29.1 Å². The fraction of sp³-hybridized carbons (Fsp3) is 0.481. The minimum atomic E-state index is -0.334. The Hall–Kier alpha value is -3.30. The molecule has 3 unspecified atom stereocenters. The highest BCUT2D eigenvalue weighted by Gasteiger charge is 2.40. The molecule has 2 saturated carbocycles. The maximum Gasteiger partial charge on any atom is 0.414 e. The van der Waals surface area contributed by atoms with Crippen LogP contribution in [0.25, 0.3) is 0 Å². The van der Waals surface area contributed by atoms with Gasteiger partial charge in [0.2, 0.25) is 0 Å². The van der Waals surface area contributed by atoms with E-state index in [1.54, 1.807) is 17.0 Å². The van der Waals surface area contributed by atoms with Gasteiger partial charge in [0.25, 0.3) is 5.91 Å². The summed E-state index contributed by atoms with van der Waals surface area (Å²) in [5.41, 5.74) is 2.87. The largest absolute Gasteiger partial charge is 0.733 e. The number of cyclic esters (lactones) is 1. The van der Waals surface area contributed by atoms with Gasteiger partial charge >= 0.3 is 6.09 Å². The fourth-order valence-electron chi connectivity index (χ4n) is 6.64. The van der Waals surface area contributed by atoms with Crippen LogP contribution in [0.3, 0.4) is 0 Å². The number of piperidine rings is 1. The van der Waals surface area contributed by atoms with Crippen LogP contribution in [0.1, 0.15) is 54.4 Å². The molecule has 3 atom stereocenters. The van der Waals surface area contributed by atoms with Crippen molar-refractivity contribution in [2.75, 3.05) is 28.1 Å². The van der Waals surface area contributed by atoms with Crippen LogP contribution in [0.4, 0.5) is 21.9 Å². The molecule has 2 aliphatic carbocycles. The Morgan fingerprint density at radius 2 is 1.86 bits per heavy atom. The zero-order chi connectivity index (χ0) is 24.8. The van der Waals surface area contributed by atoms with Gasteiger partial charge in [-0.05, 0) is 68.2 Å². The second-order valence-corrected chi connectivity index (χ2v) is 10.5. The van der Waals surface area contributed by atoms with Crippen molar-refractivity contribution in [1.29, 1.82) is 0 Å². The number of nitrogens with one attached hydrogen (secondary N) is 1. The Morgan fingerprint density at radius 1 is 1.06 bits per heavy atom. The molecule has 0 spiro atoms. The van der Waals surface area contributed by atoms with Crippen LogP contribution in [0.5, 0.6) is 0 Å². The van der Waals surface area contributed by atoms with E-state index in [1.807, 2.05) is 29.2 Å². The molecule has 9 nitrogen and oxygen atoms in total. The van der Waals surface area contributed by atoms with E-state index in [2.05, 4.69) is 5.32 Å². The van der Waals surface area contributed by atoms with E-state index in [9.17, 15) is 20.0 Å². The van der Waals surface area contributed by atoms with E-state index in [1.165, 1.54) is 25.3 Å². The van der Waals surface area contributed by atoms with E-state index in [0.717, 1.165) is 23.6 Å². The first-order valence-electron chi connectivity index (χ1n) is 12.9. The van der Waals surface area contributed by atoms with Crippen LogP contribution in [-0.2, 0) is 11.3 Å². The Morgan fingerprint density at radius 3 is 2.58 bits per heavy atom. The summed E-state index contributed by atoms with van der Waals surface area (Å²) in [5, 5.41) is 24.9. The standard InChI is InChI=1S/C27H31N4O5/c32-26(28-22-14-17-5-6-18(22)13-17)19-7-8-24(25(15-19)31(34)35)29-11-9-21(10-12-29)30-23-4-2-1-3-20(23)16-36-27(30)33/h1-4,7-8,15,17-18,21-22,34H,5-6,9-14,16H2,(H,28,32)/q-1. The summed E-state index contributed by atoms with van der Waals surface area (Å²) in [6.07, 6.45) is 5.67. The van der Waals surface area contributed by atoms with E-state index in [4.69, 9.17) is 4.74 Å². The highest BCUT2D eigenvalue weighted by molar-refractivity contribution is 5.97. The van der Waals surface area contributed by atoms with Gasteiger partial charge in [-0.3, -0.25) is 14.9 Å². The van der Waals surface area contributed by atoms with Crippen molar-refractivity contribution in [2.24, 2.45) is 11.8 Å². The number of hydrogen-bond donors (Lipinski definition) is 2. The normalized spacial score (nSPS) is 25.5. The van der Waals surface area contributed by atoms with Crippen LogP contribution < -0.4 is 20.3 Å². The van der Waals surface area contributed by atoms with Gasteiger partial charge < -0.3 is 25.4 Å². The van der Waals surface area contributed by atoms with Crippen LogP contribution in [0.2, 0.25) is 0 Å². The molecule has 2 N–H and O–H groups in total. The summed E-state index contributed by atoms with van der Waals surface area (Å²) >= 11 is 0. The first kappa shape index (κ1) is 23.1. The van der Waals surface area contributed by atoms with Gasteiger partial charge in [-0.1, -0.05) is 24.6 Å². The molecule has 2 heterocycles. The molecule has 4 aliphatic rings. The van der Waals surface area contributed by atoms with Crippen molar-refractivity contribution in [1.82, 2.24) is 5.32 Å². The SMILES string of the molecule is O=C(NC1CC2CCC1C2)c1ccc(N2CCC(N3C(=O)OCc4ccccc43)CC2)c(N([O-])O)c1. The van der Waals surface area contributed by atoms with Crippen molar-refractivity contribution in [3.8, 4) is 0 Å². The zero-order valence-corrected chi connectivity index (χ0v) is 20.1. The van der Waals surface area contributed by atoms with Gasteiger partial charge in [-0.25, -0.2) is 4.79 Å². The summed E-state index contributed by atoms with van der Waals surface area (Å²) in [6.45, 7) is 1.47. The molecule has 1 saturated heterocycles. The van der Waals surface area contributed by atoms with Crippen molar-refractivity contribution in [3.63, 3.8) is 0 Å². The molecule has 6 rings (SSSR count). The second kappa shape index (κ2) is 9.29. The van der Waals surface area contributed by atoms with Gasteiger partial charge in [0.05, 0.1) is 17.1 Å². The molecule has 2 aromatic rings. The number of benzene rings is 2. The summed E-state index contributed by atoms with van der Waals surface area (Å²) in [5.74, 6) is 1.07. The summed E-state index contributed by atoms with van der Waals surface area (Å²) in [7, 11) is 0. The molecule has 2 bridgehead atoms. The monoisotopic (exact) mass is 491 g/mol. The highest BCUT2D eigenvalue weighted by Crippen LogP contribution is 2.44. The van der Waals surface area contributed by atoms with Crippen LogP contribution in [0.15, 0.2) is 42.5 Å². The molecule has 0 radical (unpaired) electrons. The third-order valence-electron chi connectivity index (χ3n) is 8.47. The number of rotatable bonds is 5. The van der Waals surface area contributed by atoms with Gasteiger partial charge in [-0.15, -0.1) is 0 Å². The number of nitrogens with zero attached hydrogens (tertiary/aromatic N) is 3. The average Bonchev–Trinajstić information content (AvgIpc) is 3.52. The molecule has 2 aromatic carbocycles. The van der Waals surface area contributed by atoms with Gasteiger partial charge in [-0.2, -0.15) is 0 Å². The lowest BCUT2D eigenvalue weighted by molar-refractivity contribution is 0.0923. The number of hydrogen-bond acceptors (Lipinski definition) is 7. The minimum Gasteiger partial charge on any atom is -0.733 e. The Kier molecular flexibility index (Phi) is 5.97. The number of anilines is 3. The predicted molar refractivity (Wildman–Crippen MR) is 135 cm³/mol. The molecular weight excluding hydrogens is 460 g/mol. The molecule has 2 amide bonds. The maximum absolute atomic E-state index is 12.9. The number of amides is 2. The molecule has 0 aromatic heterocycles. The lowest BCUT2D eigenvalue weighted by Gasteiger charge is -2.42. The first-order chi connectivity index (χ1) is 17.5. The number of carbonyl (C=O) groups excluding carboxylic acids is 2. The third-order valence-corrected chi connectivity index (χ3v) is 8.47. The molecule has 36 heavy (non-hydrogen) atoms. The van der Waals surface area contributed by atoms with E-state index in [-0.39, 0.29) is 41.6 Å². The van der Waals surface area contributed by atoms with Crippen LogP contribution in [-0.4, -0.2) is 42.4 Å². The maximum atomic E-state index is 12.9. The molecule has 190 valence electrons. The first-order valence-corrected chi connectivity index (χ1v) is 12.9. The molecule has 2 aliphatic heterocycles. The quantitative estimate of drug-likeness (QED) is 0.596. The van der Waals surface area contributed by atoms with E-state index in [0.29, 0.717) is 43.1 Å². The van der Waals surface area contributed by atoms with E-state index >= 15 is 0 Å². The minimum absolute atomic E-state index is 0.0251. The Bertz CT molecular complexity index is 1160. The lowest BCUT2D eigenvalue weighted by atomic mass is 9.95. The smallest absolute Gasteiger partial charge is 0.414 e. The third kappa shape index (κ3) is 4.16. The van der Waals surface area contributed by atoms with Gasteiger partial charge in [0, 0.05) is 36.3 Å². The van der Waals surface area contributed by atoms with Gasteiger partial charge in [0.15, 0.2) is 0 Å². The average molecular weight is 492 g/mol. The second-order valence-electron chi connectivity index (χ2n) is 10.5. The Balaban J connectivity index is 1.15. The van der Waals surface area contributed by atoms with E-state index < -0.39 is 0 Å².